The molecule has 0 bridgehead atoms. The van der Waals surface area contributed by atoms with Crippen molar-refractivity contribution in [3.05, 3.63) is 52.1 Å². The van der Waals surface area contributed by atoms with Crippen molar-refractivity contribution in [2.24, 2.45) is 0 Å². The van der Waals surface area contributed by atoms with Gasteiger partial charge >= 0.3 is 11.7 Å². The zero-order valence-electron chi connectivity index (χ0n) is 15.4. The number of methoxy groups -OCH3 is 3. The zero-order chi connectivity index (χ0) is 20.7. The fraction of sp³-hybridized carbons (Fsp3) is 0.222. The van der Waals surface area contributed by atoms with Crippen LogP contribution in [0.15, 0.2) is 36.4 Å². The van der Waals surface area contributed by atoms with Gasteiger partial charge in [-0.05, 0) is 24.3 Å². The number of nitro benzene ring substituents is 1. The van der Waals surface area contributed by atoms with Crippen LogP contribution in [0, 0.1) is 10.1 Å². The Bertz CT molecular complexity index is 897. The van der Waals surface area contributed by atoms with E-state index in [2.05, 4.69) is 10.1 Å². The highest BCUT2D eigenvalue weighted by molar-refractivity contribution is 5.94. The van der Waals surface area contributed by atoms with Crippen molar-refractivity contribution in [3.63, 3.8) is 0 Å². The molecule has 0 spiro atoms. The first kappa shape index (κ1) is 20.5. The van der Waals surface area contributed by atoms with E-state index < -0.39 is 29.1 Å². The number of carbonyl (C=O) groups is 2. The number of hydrogen-bond donors (Lipinski definition) is 1. The van der Waals surface area contributed by atoms with Crippen LogP contribution in [0.5, 0.6) is 17.2 Å². The molecule has 0 saturated heterocycles. The number of anilines is 1. The maximum Gasteiger partial charge on any atom is 0.338 e. The lowest BCUT2D eigenvalue weighted by atomic mass is 10.2. The van der Waals surface area contributed by atoms with Gasteiger partial charge in [0, 0.05) is 12.1 Å². The third-order valence-corrected chi connectivity index (χ3v) is 3.62. The molecule has 1 N–H and O–H groups in total. The Hall–Kier alpha value is -3.82. The van der Waals surface area contributed by atoms with Crippen molar-refractivity contribution in [1.29, 1.82) is 0 Å². The molecule has 1 amide bonds. The Kier molecular flexibility index (Phi) is 6.74. The van der Waals surface area contributed by atoms with Crippen molar-refractivity contribution in [2.75, 3.05) is 33.3 Å². The number of rotatable bonds is 8. The lowest BCUT2D eigenvalue weighted by Crippen LogP contribution is -2.21. The summed E-state index contributed by atoms with van der Waals surface area (Å²) in [6, 6.07) is 8.39. The molecule has 0 heterocycles. The average molecular weight is 390 g/mol. The Balaban J connectivity index is 2.12. The minimum Gasteiger partial charge on any atom is -0.497 e. The summed E-state index contributed by atoms with van der Waals surface area (Å²) in [5, 5.41) is 13.8. The summed E-state index contributed by atoms with van der Waals surface area (Å²) in [5.41, 5.74) is -0.118. The van der Waals surface area contributed by atoms with Gasteiger partial charge in [-0.15, -0.1) is 0 Å². The van der Waals surface area contributed by atoms with Gasteiger partial charge in [0.25, 0.3) is 5.91 Å². The highest BCUT2D eigenvalue weighted by atomic mass is 16.6. The quantitative estimate of drug-likeness (QED) is 0.414. The largest absolute Gasteiger partial charge is 0.497 e. The third-order valence-electron chi connectivity index (χ3n) is 3.62. The number of nitrogens with zero attached hydrogens (tertiary/aromatic N) is 1. The van der Waals surface area contributed by atoms with Crippen molar-refractivity contribution in [1.82, 2.24) is 0 Å². The van der Waals surface area contributed by atoms with Crippen molar-refractivity contribution in [3.8, 4) is 17.2 Å². The smallest absolute Gasteiger partial charge is 0.338 e. The fourth-order valence-electron chi connectivity index (χ4n) is 2.27. The molecule has 0 aliphatic rings. The van der Waals surface area contributed by atoms with Gasteiger partial charge < -0.3 is 24.3 Å². The summed E-state index contributed by atoms with van der Waals surface area (Å²) < 4.78 is 20.0. The Morgan fingerprint density at radius 1 is 1.04 bits per heavy atom. The monoisotopic (exact) mass is 390 g/mol. The summed E-state index contributed by atoms with van der Waals surface area (Å²) in [7, 11) is 4.09. The van der Waals surface area contributed by atoms with Gasteiger partial charge in [-0.1, -0.05) is 0 Å². The summed E-state index contributed by atoms with van der Waals surface area (Å²) in [6.07, 6.45) is 0. The molecule has 0 aliphatic heterocycles. The number of hydrogen-bond acceptors (Lipinski definition) is 8. The van der Waals surface area contributed by atoms with Gasteiger partial charge in [0.2, 0.25) is 0 Å². The molecule has 0 aromatic heterocycles. The molecule has 10 nitrogen and oxygen atoms in total. The first-order chi connectivity index (χ1) is 13.4. The molecule has 0 aliphatic carbocycles. The second-order valence-corrected chi connectivity index (χ2v) is 5.33. The summed E-state index contributed by atoms with van der Waals surface area (Å²) in [4.78, 5) is 34.2. The molecule has 10 heteroatoms. The molecular weight excluding hydrogens is 372 g/mol. The van der Waals surface area contributed by atoms with Crippen LogP contribution in [0.1, 0.15) is 10.4 Å². The molecule has 0 unspecified atom stereocenters. The van der Waals surface area contributed by atoms with Gasteiger partial charge in [0.1, 0.15) is 11.5 Å². The molecular formula is C18H18N2O8. The minimum absolute atomic E-state index is 0.00730. The molecule has 2 aromatic rings. The second-order valence-electron chi connectivity index (χ2n) is 5.33. The maximum atomic E-state index is 12.2. The molecule has 0 radical (unpaired) electrons. The lowest BCUT2D eigenvalue weighted by molar-refractivity contribution is -0.385. The zero-order valence-corrected chi connectivity index (χ0v) is 15.4. The van der Waals surface area contributed by atoms with Crippen LogP contribution in [0.3, 0.4) is 0 Å². The van der Waals surface area contributed by atoms with E-state index in [-0.39, 0.29) is 11.3 Å². The molecule has 0 fully saturated rings. The van der Waals surface area contributed by atoms with E-state index in [1.165, 1.54) is 26.4 Å². The van der Waals surface area contributed by atoms with Gasteiger partial charge in [-0.2, -0.15) is 0 Å². The molecule has 28 heavy (non-hydrogen) atoms. The number of amides is 1. The minimum atomic E-state index is -0.725. The van der Waals surface area contributed by atoms with Crippen molar-refractivity contribution >= 4 is 23.3 Å². The number of ether oxygens (including phenoxy) is 4. The fourth-order valence-corrected chi connectivity index (χ4v) is 2.27. The van der Waals surface area contributed by atoms with Gasteiger partial charge in [-0.3, -0.25) is 14.9 Å². The highest BCUT2D eigenvalue weighted by Crippen LogP contribution is 2.30. The number of esters is 1. The number of nitro groups is 1. The first-order valence-corrected chi connectivity index (χ1v) is 7.91. The third kappa shape index (κ3) is 4.87. The standard InChI is InChI=1S/C18H18N2O8/c1-25-12-5-7-15(26-2)13(9-12)19-17(21)10-28-16-6-4-11(18(22)27-3)8-14(16)20(23)24/h4-9H,10H2,1-3H3,(H,19,21). The molecule has 148 valence electrons. The molecule has 2 rings (SSSR count). The lowest BCUT2D eigenvalue weighted by Gasteiger charge is -2.12. The molecule has 0 atom stereocenters. The van der Waals surface area contributed by atoms with Crippen LogP contribution in [0.4, 0.5) is 11.4 Å². The molecule has 0 saturated carbocycles. The van der Waals surface area contributed by atoms with E-state index >= 15 is 0 Å². The van der Waals surface area contributed by atoms with E-state index in [0.29, 0.717) is 17.2 Å². The summed E-state index contributed by atoms with van der Waals surface area (Å²) in [6.45, 7) is -0.501. The number of carbonyl (C=O) groups excluding carboxylic acids is 2. The Labute approximate surface area is 160 Å². The van der Waals surface area contributed by atoms with Crippen molar-refractivity contribution < 1.29 is 33.5 Å². The van der Waals surface area contributed by atoms with E-state index in [0.717, 1.165) is 13.2 Å². The van der Waals surface area contributed by atoms with Crippen LogP contribution in [0.25, 0.3) is 0 Å². The summed E-state index contributed by atoms with van der Waals surface area (Å²) >= 11 is 0. The summed E-state index contributed by atoms with van der Waals surface area (Å²) in [5.74, 6) is -0.547. The van der Waals surface area contributed by atoms with Crippen molar-refractivity contribution in [2.45, 2.75) is 0 Å². The van der Waals surface area contributed by atoms with Gasteiger partial charge in [0.15, 0.2) is 12.4 Å². The maximum absolute atomic E-state index is 12.2. The average Bonchev–Trinajstić information content (AvgIpc) is 2.71. The van der Waals surface area contributed by atoms with Gasteiger partial charge in [0.05, 0.1) is 37.5 Å². The van der Waals surface area contributed by atoms with Crippen LogP contribution < -0.4 is 19.5 Å². The predicted octanol–water partition coefficient (Wildman–Crippen LogP) is 2.42. The van der Waals surface area contributed by atoms with E-state index in [9.17, 15) is 19.7 Å². The van der Waals surface area contributed by atoms with Crippen LogP contribution in [-0.4, -0.2) is 44.7 Å². The number of benzene rings is 2. The van der Waals surface area contributed by atoms with Crippen LogP contribution in [0.2, 0.25) is 0 Å². The van der Waals surface area contributed by atoms with Crippen LogP contribution in [-0.2, 0) is 9.53 Å². The van der Waals surface area contributed by atoms with Gasteiger partial charge in [-0.25, -0.2) is 4.79 Å². The predicted molar refractivity (Wildman–Crippen MR) is 98.1 cm³/mol. The topological polar surface area (TPSA) is 126 Å². The number of nitrogens with one attached hydrogen (secondary N) is 1. The van der Waals surface area contributed by atoms with Crippen LogP contribution >= 0.6 is 0 Å². The van der Waals surface area contributed by atoms with E-state index in [1.54, 1.807) is 18.2 Å². The SMILES string of the molecule is COC(=O)c1ccc(OCC(=O)Nc2cc(OC)ccc2OC)c([N+](=O)[O-])c1. The molecule has 2 aromatic carbocycles. The second kappa shape index (κ2) is 9.21. The Morgan fingerprint density at radius 2 is 1.75 bits per heavy atom. The Morgan fingerprint density at radius 3 is 2.36 bits per heavy atom. The first-order valence-electron chi connectivity index (χ1n) is 7.91. The highest BCUT2D eigenvalue weighted by Gasteiger charge is 2.20. The normalized spacial score (nSPS) is 9.96. The van der Waals surface area contributed by atoms with E-state index in [1.807, 2.05) is 0 Å². The van der Waals surface area contributed by atoms with E-state index in [4.69, 9.17) is 14.2 Å².